The molecule has 0 bridgehead atoms. The molecular formula is C25H30FN5O. The van der Waals surface area contributed by atoms with E-state index in [1.54, 1.807) is 12.1 Å². The summed E-state index contributed by atoms with van der Waals surface area (Å²) in [6.07, 6.45) is 4.17. The number of urea groups is 1. The third-order valence-electron chi connectivity index (χ3n) is 6.03. The average Bonchev–Trinajstić information content (AvgIpc) is 2.79. The number of nitrogens with one attached hydrogen (secondary N) is 3. The number of carbonyl (C=O) groups is 1. The first-order chi connectivity index (χ1) is 15.5. The van der Waals surface area contributed by atoms with Gasteiger partial charge >= 0.3 is 6.03 Å². The molecule has 1 heterocycles. The van der Waals surface area contributed by atoms with Crippen LogP contribution in [0.15, 0.2) is 54.6 Å². The number of carbonyl (C=O) groups excluding carboxylic acids is 1. The van der Waals surface area contributed by atoms with Crippen LogP contribution in [0.25, 0.3) is 10.9 Å². The quantitative estimate of drug-likeness (QED) is 0.496. The van der Waals surface area contributed by atoms with Crippen molar-refractivity contribution in [1.82, 2.24) is 10.3 Å². The fraction of sp³-hybridized carbons (Fsp3) is 0.360. The molecule has 1 saturated carbocycles. The number of nitrogens with zero attached hydrogens (tertiary/aromatic N) is 2. The van der Waals surface area contributed by atoms with Gasteiger partial charge in [0.15, 0.2) is 0 Å². The van der Waals surface area contributed by atoms with Gasteiger partial charge in [-0.3, -0.25) is 0 Å². The van der Waals surface area contributed by atoms with E-state index in [1.807, 2.05) is 18.2 Å². The van der Waals surface area contributed by atoms with Crippen LogP contribution in [0.2, 0.25) is 0 Å². The Hall–Kier alpha value is -3.35. The lowest BCUT2D eigenvalue weighted by Gasteiger charge is -2.30. The molecule has 0 unspecified atom stereocenters. The minimum absolute atomic E-state index is 0.256. The van der Waals surface area contributed by atoms with Crippen LogP contribution in [0.3, 0.4) is 0 Å². The summed E-state index contributed by atoms with van der Waals surface area (Å²) in [6, 6.07) is 16.2. The predicted octanol–water partition coefficient (Wildman–Crippen LogP) is 5.23. The Morgan fingerprint density at radius 3 is 2.50 bits per heavy atom. The third-order valence-corrected chi connectivity index (χ3v) is 6.03. The second-order valence-electron chi connectivity index (χ2n) is 8.64. The Balaban J connectivity index is 1.27. The van der Waals surface area contributed by atoms with Gasteiger partial charge in [0.05, 0.1) is 5.52 Å². The largest absolute Gasteiger partial charge is 0.377 e. The first-order valence-electron chi connectivity index (χ1n) is 11.1. The molecule has 0 radical (unpaired) electrons. The van der Waals surface area contributed by atoms with Gasteiger partial charge in [0.25, 0.3) is 0 Å². The number of hydrogen-bond donors (Lipinski definition) is 3. The number of pyridine rings is 1. The van der Waals surface area contributed by atoms with Crippen molar-refractivity contribution in [3.05, 3.63) is 60.4 Å². The second-order valence-corrected chi connectivity index (χ2v) is 8.64. The van der Waals surface area contributed by atoms with Crippen LogP contribution in [-0.4, -0.2) is 37.7 Å². The number of benzene rings is 2. The second kappa shape index (κ2) is 9.85. The summed E-state index contributed by atoms with van der Waals surface area (Å²) in [5.41, 5.74) is 2.73. The molecule has 7 heteroatoms. The van der Waals surface area contributed by atoms with E-state index in [4.69, 9.17) is 4.98 Å². The van der Waals surface area contributed by atoms with Crippen LogP contribution in [0.1, 0.15) is 25.7 Å². The van der Waals surface area contributed by atoms with Gasteiger partial charge in [0.2, 0.25) is 0 Å². The van der Waals surface area contributed by atoms with Crippen LogP contribution in [-0.2, 0) is 0 Å². The lowest BCUT2D eigenvalue weighted by atomic mass is 9.86. The van der Waals surface area contributed by atoms with Crippen molar-refractivity contribution in [3.63, 3.8) is 0 Å². The molecule has 0 aliphatic heterocycles. The van der Waals surface area contributed by atoms with Crippen LogP contribution in [0.4, 0.5) is 26.4 Å². The van der Waals surface area contributed by atoms with Crippen LogP contribution in [0.5, 0.6) is 0 Å². The SMILES string of the molecule is CN(C)c1cc(N[C@H]2CC[C@@H](CNC(=O)Nc3ccc(F)cc3)CC2)nc2ccccc12. The van der Waals surface area contributed by atoms with E-state index in [0.29, 0.717) is 24.2 Å². The molecule has 32 heavy (non-hydrogen) atoms. The molecule has 3 aromatic rings. The van der Waals surface area contributed by atoms with Gasteiger partial charge in [0.1, 0.15) is 11.6 Å². The van der Waals surface area contributed by atoms with Gasteiger partial charge in [0, 0.05) is 49.5 Å². The van der Waals surface area contributed by atoms with E-state index in [9.17, 15) is 9.18 Å². The van der Waals surface area contributed by atoms with Crippen molar-refractivity contribution in [2.24, 2.45) is 5.92 Å². The summed E-state index contributed by atoms with van der Waals surface area (Å²) in [5.74, 6) is 1.04. The molecule has 1 aliphatic carbocycles. The van der Waals surface area contributed by atoms with Gasteiger partial charge in [-0.15, -0.1) is 0 Å². The predicted molar refractivity (Wildman–Crippen MR) is 129 cm³/mol. The molecule has 2 aromatic carbocycles. The average molecular weight is 436 g/mol. The number of amides is 2. The number of hydrogen-bond acceptors (Lipinski definition) is 4. The highest BCUT2D eigenvalue weighted by atomic mass is 19.1. The van der Waals surface area contributed by atoms with E-state index in [1.165, 1.54) is 12.1 Å². The smallest absolute Gasteiger partial charge is 0.319 e. The molecule has 1 aliphatic rings. The maximum atomic E-state index is 13.0. The van der Waals surface area contributed by atoms with Crippen molar-refractivity contribution in [2.45, 2.75) is 31.7 Å². The van der Waals surface area contributed by atoms with Crippen LogP contribution < -0.4 is 20.9 Å². The third kappa shape index (κ3) is 5.46. The van der Waals surface area contributed by atoms with E-state index in [-0.39, 0.29) is 11.8 Å². The summed E-state index contributed by atoms with van der Waals surface area (Å²) in [7, 11) is 4.10. The minimum atomic E-state index is -0.321. The molecule has 2 amide bonds. The highest BCUT2D eigenvalue weighted by Gasteiger charge is 2.22. The molecule has 6 nitrogen and oxygen atoms in total. The summed E-state index contributed by atoms with van der Waals surface area (Å²) >= 11 is 0. The lowest BCUT2D eigenvalue weighted by Crippen LogP contribution is -2.36. The van der Waals surface area contributed by atoms with E-state index < -0.39 is 0 Å². The molecule has 1 fully saturated rings. The zero-order valence-electron chi connectivity index (χ0n) is 18.6. The number of para-hydroxylation sites is 1. The number of halogens is 1. The Morgan fingerprint density at radius 2 is 1.78 bits per heavy atom. The highest BCUT2D eigenvalue weighted by Crippen LogP contribution is 2.30. The minimum Gasteiger partial charge on any atom is -0.377 e. The number of rotatable bonds is 6. The molecule has 0 saturated heterocycles. The van der Waals surface area contributed by atoms with Crippen molar-refractivity contribution in [2.75, 3.05) is 36.2 Å². The topological polar surface area (TPSA) is 69.3 Å². The Morgan fingerprint density at radius 1 is 1.06 bits per heavy atom. The first kappa shape index (κ1) is 21.9. The van der Waals surface area contributed by atoms with Gasteiger partial charge in [-0.2, -0.15) is 0 Å². The lowest BCUT2D eigenvalue weighted by molar-refractivity contribution is 0.246. The summed E-state index contributed by atoms with van der Waals surface area (Å²) in [6.45, 7) is 0.638. The standard InChI is InChI=1S/C25H30FN5O/c1-31(2)23-15-24(30-22-6-4-3-5-21(22)23)28-19-11-7-17(8-12-19)16-27-25(32)29-20-13-9-18(26)10-14-20/h3-6,9-10,13-15,17,19H,7-8,11-12,16H2,1-2H3,(H,28,30)(H2,27,29,32)/t17-,19+. The molecule has 0 atom stereocenters. The Labute approximate surface area is 188 Å². The van der Waals surface area contributed by atoms with Gasteiger partial charge in [-0.1, -0.05) is 18.2 Å². The molecule has 0 spiro atoms. The van der Waals surface area contributed by atoms with Crippen molar-refractivity contribution in [1.29, 1.82) is 0 Å². The van der Waals surface area contributed by atoms with Crippen molar-refractivity contribution >= 4 is 34.1 Å². The molecular weight excluding hydrogens is 405 g/mol. The molecule has 3 N–H and O–H groups in total. The Kier molecular flexibility index (Phi) is 6.73. The van der Waals surface area contributed by atoms with Crippen LogP contribution >= 0.6 is 0 Å². The summed E-state index contributed by atoms with van der Waals surface area (Å²) < 4.78 is 13.0. The molecule has 4 rings (SSSR count). The fourth-order valence-corrected chi connectivity index (χ4v) is 4.27. The fourth-order valence-electron chi connectivity index (χ4n) is 4.27. The number of fused-ring (bicyclic) bond motifs is 1. The first-order valence-corrected chi connectivity index (χ1v) is 11.1. The Bertz CT molecular complexity index is 1060. The summed E-state index contributed by atoms with van der Waals surface area (Å²) in [5, 5.41) is 10.4. The normalized spacial score (nSPS) is 18.2. The maximum absolute atomic E-state index is 13.0. The monoisotopic (exact) mass is 435 g/mol. The van der Waals surface area contributed by atoms with E-state index >= 15 is 0 Å². The van der Waals surface area contributed by atoms with Crippen molar-refractivity contribution < 1.29 is 9.18 Å². The molecule has 168 valence electrons. The number of anilines is 3. The zero-order valence-corrected chi connectivity index (χ0v) is 18.6. The van der Waals surface area contributed by atoms with Crippen LogP contribution in [0, 0.1) is 11.7 Å². The van der Waals surface area contributed by atoms with Gasteiger partial charge < -0.3 is 20.9 Å². The number of aromatic nitrogens is 1. The van der Waals surface area contributed by atoms with Gasteiger partial charge in [-0.05, 0) is 61.9 Å². The van der Waals surface area contributed by atoms with Gasteiger partial charge in [-0.25, -0.2) is 14.2 Å². The van der Waals surface area contributed by atoms with E-state index in [0.717, 1.165) is 48.1 Å². The van der Waals surface area contributed by atoms with E-state index in [2.05, 4.69) is 47.1 Å². The summed E-state index contributed by atoms with van der Waals surface area (Å²) in [4.78, 5) is 19.0. The molecule has 1 aromatic heterocycles. The zero-order chi connectivity index (χ0) is 22.5. The maximum Gasteiger partial charge on any atom is 0.319 e. The highest BCUT2D eigenvalue weighted by molar-refractivity contribution is 5.93. The van der Waals surface area contributed by atoms with Crippen molar-refractivity contribution in [3.8, 4) is 0 Å².